The van der Waals surface area contributed by atoms with E-state index in [1.165, 1.54) is 6.42 Å². The molecule has 0 amide bonds. The second-order valence-corrected chi connectivity index (χ2v) is 5.86. The zero-order valence-electron chi connectivity index (χ0n) is 14.1. The van der Waals surface area contributed by atoms with Crippen LogP contribution in [0.15, 0.2) is 47.7 Å². The van der Waals surface area contributed by atoms with E-state index >= 15 is 0 Å². The minimum Gasteiger partial charge on any atom is -0.397 e. The van der Waals surface area contributed by atoms with E-state index in [2.05, 4.69) is 21.8 Å². The molecular weight excluding hydrogens is 324 g/mol. The Balaban J connectivity index is 2.28. The van der Waals surface area contributed by atoms with Crippen LogP contribution < -0.4 is 16.0 Å². The number of hydrogen-bond donors (Lipinski definition) is 2. The van der Waals surface area contributed by atoms with Crippen LogP contribution >= 0.6 is 0 Å². The van der Waals surface area contributed by atoms with Crippen molar-refractivity contribution in [1.82, 2.24) is 4.98 Å². The molecule has 0 aliphatic carbocycles. The second-order valence-electron chi connectivity index (χ2n) is 5.86. The normalized spacial score (nSPS) is 16.1. The van der Waals surface area contributed by atoms with Crippen molar-refractivity contribution >= 4 is 11.5 Å². The summed E-state index contributed by atoms with van der Waals surface area (Å²) in [5.74, 6) is -0.682. The highest BCUT2D eigenvalue weighted by atomic mass is 19.1. The van der Waals surface area contributed by atoms with Crippen LogP contribution in [0.4, 0.5) is 20.3 Å². The van der Waals surface area contributed by atoms with Gasteiger partial charge >= 0.3 is 0 Å². The summed E-state index contributed by atoms with van der Waals surface area (Å²) < 4.78 is 27.7. The minimum atomic E-state index is -0.804. The summed E-state index contributed by atoms with van der Waals surface area (Å²) in [6.07, 6.45) is 5.44. The number of rotatable bonds is 5. The Labute approximate surface area is 146 Å². The van der Waals surface area contributed by atoms with Crippen molar-refractivity contribution in [2.45, 2.75) is 26.2 Å². The second kappa shape index (κ2) is 8.29. The molecule has 0 spiro atoms. The maximum Gasteiger partial charge on any atom is 0.165 e. The van der Waals surface area contributed by atoms with E-state index in [1.807, 2.05) is 6.07 Å². The Kier molecular flexibility index (Phi) is 6.12. The molecule has 3 N–H and O–H groups in total. The van der Waals surface area contributed by atoms with Gasteiger partial charge in [-0.2, -0.15) is 5.26 Å². The van der Waals surface area contributed by atoms with Gasteiger partial charge in [0, 0.05) is 24.9 Å². The summed E-state index contributed by atoms with van der Waals surface area (Å²) in [7, 11) is 0. The number of nitriles is 1. The van der Waals surface area contributed by atoms with Gasteiger partial charge in [-0.3, -0.25) is 0 Å². The van der Waals surface area contributed by atoms with Crippen molar-refractivity contribution < 1.29 is 8.78 Å². The van der Waals surface area contributed by atoms with Gasteiger partial charge in [0.1, 0.15) is 17.7 Å². The molecule has 2 rings (SSSR count). The summed E-state index contributed by atoms with van der Waals surface area (Å²) >= 11 is 0. The Morgan fingerprint density at radius 2 is 2.12 bits per heavy atom. The van der Waals surface area contributed by atoms with Gasteiger partial charge in [-0.05, 0) is 32.3 Å². The molecule has 0 atom stereocenters. The lowest BCUT2D eigenvalue weighted by Crippen LogP contribution is -2.30. The first-order valence-electron chi connectivity index (χ1n) is 8.03. The standard InChI is InChI=1S/C18H21F2N5/c1-12(22)15(19)8-14(10-21)13(2)24-17-9-18(23-11-16(17)20)25-6-4-3-5-7-25/h8-9,11H,1,3-7,22H2,2H3,(H,23,24)/b14-13-,15-8+. The number of halogens is 2. The van der Waals surface area contributed by atoms with Crippen molar-refractivity contribution in [2.24, 2.45) is 5.73 Å². The summed E-state index contributed by atoms with van der Waals surface area (Å²) in [5.41, 5.74) is 5.46. The van der Waals surface area contributed by atoms with E-state index in [4.69, 9.17) is 5.73 Å². The summed E-state index contributed by atoms with van der Waals surface area (Å²) in [4.78, 5) is 6.23. The predicted molar refractivity (Wildman–Crippen MR) is 94.7 cm³/mol. The van der Waals surface area contributed by atoms with Gasteiger partial charge in [0.2, 0.25) is 0 Å². The van der Waals surface area contributed by atoms with Crippen molar-refractivity contribution in [2.75, 3.05) is 23.3 Å². The lowest BCUT2D eigenvalue weighted by atomic mass is 10.1. The number of nitrogens with two attached hydrogens (primary N) is 1. The molecule has 1 aromatic heterocycles. The topological polar surface area (TPSA) is 78.0 Å². The Bertz CT molecular complexity index is 755. The van der Waals surface area contributed by atoms with Crippen LogP contribution in [0.3, 0.4) is 0 Å². The molecule has 1 aliphatic rings. The third-order valence-electron chi connectivity index (χ3n) is 3.95. The van der Waals surface area contributed by atoms with Gasteiger partial charge in [-0.25, -0.2) is 13.8 Å². The van der Waals surface area contributed by atoms with E-state index < -0.39 is 11.6 Å². The fraction of sp³-hybridized carbons (Fsp3) is 0.333. The molecule has 7 heteroatoms. The number of aromatic nitrogens is 1. The van der Waals surface area contributed by atoms with Gasteiger partial charge in [0.25, 0.3) is 0 Å². The SMILES string of the molecule is C=C(N)/C(F)=C\C(C#N)=C(/C)Nc1cc(N2CCCCC2)ncc1F. The molecule has 0 unspecified atom stereocenters. The molecule has 132 valence electrons. The Hall–Kier alpha value is -2.88. The largest absolute Gasteiger partial charge is 0.397 e. The molecule has 0 radical (unpaired) electrons. The maximum absolute atomic E-state index is 14.1. The third-order valence-corrected chi connectivity index (χ3v) is 3.95. The first kappa shape index (κ1) is 18.5. The third kappa shape index (κ3) is 4.80. The van der Waals surface area contributed by atoms with Crippen LogP contribution in [-0.2, 0) is 0 Å². The molecule has 0 aromatic carbocycles. The highest BCUT2D eigenvalue weighted by Gasteiger charge is 2.15. The summed E-state index contributed by atoms with van der Waals surface area (Å²) in [6, 6.07) is 3.46. The molecular formula is C18H21F2N5. The number of anilines is 2. The lowest BCUT2D eigenvalue weighted by Gasteiger charge is -2.28. The highest BCUT2D eigenvalue weighted by molar-refractivity contribution is 5.59. The highest BCUT2D eigenvalue weighted by Crippen LogP contribution is 2.24. The smallest absolute Gasteiger partial charge is 0.165 e. The number of allylic oxidation sites excluding steroid dienone is 4. The van der Waals surface area contributed by atoms with Crippen molar-refractivity contribution in [1.29, 1.82) is 5.26 Å². The fourth-order valence-corrected chi connectivity index (χ4v) is 2.53. The fourth-order valence-electron chi connectivity index (χ4n) is 2.53. The molecule has 0 bridgehead atoms. The summed E-state index contributed by atoms with van der Waals surface area (Å²) in [6.45, 7) is 6.58. The number of pyridine rings is 1. The van der Waals surface area contributed by atoms with Gasteiger partial charge in [-0.15, -0.1) is 0 Å². The van der Waals surface area contributed by atoms with Gasteiger partial charge in [-0.1, -0.05) is 6.58 Å². The predicted octanol–water partition coefficient (Wildman–Crippen LogP) is 3.75. The van der Waals surface area contributed by atoms with Gasteiger partial charge in [0.15, 0.2) is 5.82 Å². The molecule has 1 aliphatic heterocycles. The Morgan fingerprint density at radius 1 is 1.44 bits per heavy atom. The Morgan fingerprint density at radius 3 is 2.72 bits per heavy atom. The monoisotopic (exact) mass is 345 g/mol. The average molecular weight is 345 g/mol. The quantitative estimate of drug-likeness (QED) is 0.628. The van der Waals surface area contributed by atoms with E-state index in [-0.39, 0.29) is 17.0 Å². The van der Waals surface area contributed by atoms with E-state index in [1.54, 1.807) is 13.0 Å². The van der Waals surface area contributed by atoms with Crippen LogP contribution in [0, 0.1) is 17.1 Å². The molecule has 2 heterocycles. The minimum absolute atomic E-state index is 0.000153. The summed E-state index contributed by atoms with van der Waals surface area (Å²) in [5, 5.41) is 12.0. The molecule has 0 saturated carbocycles. The molecule has 1 aromatic rings. The number of nitrogens with one attached hydrogen (secondary N) is 1. The van der Waals surface area contributed by atoms with Crippen LogP contribution in [0.5, 0.6) is 0 Å². The number of hydrogen-bond acceptors (Lipinski definition) is 5. The van der Waals surface area contributed by atoms with Crippen LogP contribution in [0.1, 0.15) is 26.2 Å². The van der Waals surface area contributed by atoms with Gasteiger partial charge < -0.3 is 16.0 Å². The van der Waals surface area contributed by atoms with Crippen molar-refractivity contribution in [3.63, 3.8) is 0 Å². The first-order valence-corrected chi connectivity index (χ1v) is 8.03. The maximum atomic E-state index is 14.1. The first-order chi connectivity index (χ1) is 11.9. The molecule has 25 heavy (non-hydrogen) atoms. The molecule has 5 nitrogen and oxygen atoms in total. The molecule has 1 fully saturated rings. The zero-order chi connectivity index (χ0) is 18.4. The number of piperidine rings is 1. The van der Waals surface area contributed by atoms with Crippen molar-refractivity contribution in [3.8, 4) is 6.07 Å². The van der Waals surface area contributed by atoms with Crippen LogP contribution in [0.2, 0.25) is 0 Å². The van der Waals surface area contributed by atoms with E-state index in [9.17, 15) is 14.0 Å². The lowest BCUT2D eigenvalue weighted by molar-refractivity contribution is 0.571. The number of nitrogens with zero attached hydrogens (tertiary/aromatic N) is 3. The average Bonchev–Trinajstić information content (AvgIpc) is 2.61. The van der Waals surface area contributed by atoms with Crippen LogP contribution in [0.25, 0.3) is 0 Å². The van der Waals surface area contributed by atoms with Crippen LogP contribution in [-0.4, -0.2) is 18.1 Å². The molecule has 1 saturated heterocycles. The van der Waals surface area contributed by atoms with E-state index in [0.29, 0.717) is 11.5 Å². The van der Waals surface area contributed by atoms with Crippen molar-refractivity contribution in [3.05, 3.63) is 53.5 Å². The zero-order valence-corrected chi connectivity index (χ0v) is 14.1. The van der Waals surface area contributed by atoms with E-state index in [0.717, 1.165) is 38.2 Å². The van der Waals surface area contributed by atoms with Gasteiger partial charge in [0.05, 0.1) is 23.2 Å².